The molecule has 5 heteroatoms. The minimum atomic E-state index is 0.586. The molecule has 1 saturated heterocycles. The van der Waals surface area contributed by atoms with E-state index < -0.39 is 0 Å². The number of anilines is 1. The van der Waals surface area contributed by atoms with Crippen LogP contribution in [0, 0.1) is 0 Å². The lowest BCUT2D eigenvalue weighted by Crippen LogP contribution is -2.46. The first-order valence-corrected chi connectivity index (χ1v) is 8.48. The minimum absolute atomic E-state index is 0.586. The number of thiophene rings is 1. The van der Waals surface area contributed by atoms with Gasteiger partial charge < -0.3 is 10.2 Å². The molecular formula is C15H20N4S. The first-order chi connectivity index (χ1) is 9.92. The van der Waals surface area contributed by atoms with E-state index in [4.69, 9.17) is 0 Å². The van der Waals surface area contributed by atoms with Gasteiger partial charge in [-0.05, 0) is 43.6 Å². The van der Waals surface area contributed by atoms with Crippen LogP contribution in [-0.2, 0) is 0 Å². The fraction of sp³-hybridized carbons (Fsp3) is 0.600. The van der Waals surface area contributed by atoms with Crippen LogP contribution >= 0.6 is 11.3 Å². The Morgan fingerprint density at radius 2 is 2.20 bits per heavy atom. The topological polar surface area (TPSA) is 41.1 Å². The van der Waals surface area contributed by atoms with Crippen molar-refractivity contribution in [3.05, 3.63) is 17.8 Å². The van der Waals surface area contributed by atoms with E-state index in [1.54, 1.807) is 17.7 Å². The second kappa shape index (κ2) is 5.30. The van der Waals surface area contributed by atoms with Gasteiger partial charge in [0.1, 0.15) is 17.0 Å². The average Bonchev–Trinajstić information content (AvgIpc) is 3.20. The quantitative estimate of drug-likeness (QED) is 0.939. The van der Waals surface area contributed by atoms with Gasteiger partial charge in [-0.25, -0.2) is 9.97 Å². The van der Waals surface area contributed by atoms with Crippen molar-refractivity contribution >= 4 is 27.4 Å². The molecule has 4 rings (SSSR count). The SMILES string of the molecule is c1nc(N2CCCCC2CNC2CC2)c2ccsc2n1. The Morgan fingerprint density at radius 1 is 1.25 bits per heavy atom. The largest absolute Gasteiger partial charge is 0.352 e. The summed E-state index contributed by atoms with van der Waals surface area (Å²) in [6, 6.07) is 3.53. The van der Waals surface area contributed by atoms with Gasteiger partial charge in [0, 0.05) is 25.2 Å². The predicted octanol–water partition coefficient (Wildman–Crippen LogP) is 2.80. The number of rotatable bonds is 4. The summed E-state index contributed by atoms with van der Waals surface area (Å²) in [7, 11) is 0. The molecule has 1 atom stereocenters. The molecule has 106 valence electrons. The van der Waals surface area contributed by atoms with Crippen molar-refractivity contribution in [2.75, 3.05) is 18.0 Å². The van der Waals surface area contributed by atoms with Crippen molar-refractivity contribution in [3.63, 3.8) is 0 Å². The highest BCUT2D eigenvalue weighted by molar-refractivity contribution is 7.16. The van der Waals surface area contributed by atoms with E-state index in [9.17, 15) is 0 Å². The van der Waals surface area contributed by atoms with E-state index in [2.05, 4.69) is 31.6 Å². The number of nitrogens with one attached hydrogen (secondary N) is 1. The predicted molar refractivity (Wildman–Crippen MR) is 83.4 cm³/mol. The van der Waals surface area contributed by atoms with Gasteiger partial charge in [0.25, 0.3) is 0 Å². The Balaban J connectivity index is 1.61. The van der Waals surface area contributed by atoms with Crippen molar-refractivity contribution in [2.45, 2.75) is 44.2 Å². The van der Waals surface area contributed by atoms with E-state index in [1.807, 2.05) is 0 Å². The summed E-state index contributed by atoms with van der Waals surface area (Å²) in [6.07, 6.45) is 8.31. The molecule has 1 saturated carbocycles. The third-order valence-electron chi connectivity index (χ3n) is 4.36. The molecule has 1 aliphatic carbocycles. The molecule has 2 aromatic heterocycles. The Hall–Kier alpha value is -1.20. The number of fused-ring (bicyclic) bond motifs is 1. The Labute approximate surface area is 123 Å². The number of nitrogens with zero attached hydrogens (tertiary/aromatic N) is 3. The Morgan fingerprint density at radius 3 is 3.10 bits per heavy atom. The Kier molecular flexibility index (Phi) is 3.32. The summed E-state index contributed by atoms with van der Waals surface area (Å²) in [5.41, 5.74) is 0. The first kappa shape index (κ1) is 12.5. The van der Waals surface area contributed by atoms with Crippen molar-refractivity contribution in [2.24, 2.45) is 0 Å². The number of aromatic nitrogens is 2. The maximum absolute atomic E-state index is 4.59. The lowest BCUT2D eigenvalue weighted by Gasteiger charge is -2.37. The lowest BCUT2D eigenvalue weighted by molar-refractivity contribution is 0.432. The molecule has 20 heavy (non-hydrogen) atoms. The highest BCUT2D eigenvalue weighted by Crippen LogP contribution is 2.31. The standard InChI is InChI=1S/C15H20N4S/c1-2-7-19(12(3-1)9-16-11-4-5-11)14-13-6-8-20-15(13)18-10-17-14/h6,8,10-12,16H,1-5,7,9H2. The van der Waals surface area contributed by atoms with Crippen LogP contribution in [0.5, 0.6) is 0 Å². The summed E-state index contributed by atoms with van der Waals surface area (Å²) in [5, 5.41) is 7.02. The van der Waals surface area contributed by atoms with Crippen LogP contribution in [0.1, 0.15) is 32.1 Å². The van der Waals surface area contributed by atoms with E-state index in [1.165, 1.54) is 37.5 Å². The zero-order valence-corrected chi connectivity index (χ0v) is 12.4. The van der Waals surface area contributed by atoms with Crippen LogP contribution in [0.25, 0.3) is 10.2 Å². The average molecular weight is 288 g/mol. The van der Waals surface area contributed by atoms with E-state index in [-0.39, 0.29) is 0 Å². The lowest BCUT2D eigenvalue weighted by atomic mass is 10.0. The normalized spacial score (nSPS) is 23.4. The van der Waals surface area contributed by atoms with E-state index in [0.717, 1.165) is 29.8 Å². The number of hydrogen-bond acceptors (Lipinski definition) is 5. The van der Waals surface area contributed by atoms with Gasteiger partial charge in [-0.3, -0.25) is 0 Å². The molecule has 0 spiro atoms. The van der Waals surface area contributed by atoms with Gasteiger partial charge in [-0.2, -0.15) is 0 Å². The smallest absolute Gasteiger partial charge is 0.141 e. The first-order valence-electron chi connectivity index (χ1n) is 7.60. The van der Waals surface area contributed by atoms with E-state index in [0.29, 0.717) is 6.04 Å². The van der Waals surface area contributed by atoms with Gasteiger partial charge in [0.2, 0.25) is 0 Å². The van der Waals surface area contributed by atoms with Gasteiger partial charge >= 0.3 is 0 Å². The second-order valence-electron chi connectivity index (χ2n) is 5.86. The maximum atomic E-state index is 4.59. The molecule has 2 aromatic rings. The molecule has 2 aliphatic rings. The molecule has 0 bridgehead atoms. The molecule has 1 aliphatic heterocycles. The van der Waals surface area contributed by atoms with Crippen molar-refractivity contribution in [1.29, 1.82) is 0 Å². The summed E-state index contributed by atoms with van der Waals surface area (Å²) in [5.74, 6) is 1.14. The zero-order valence-electron chi connectivity index (χ0n) is 11.6. The summed E-state index contributed by atoms with van der Waals surface area (Å²) < 4.78 is 0. The fourth-order valence-corrected chi connectivity index (χ4v) is 3.81. The molecule has 2 fully saturated rings. The Bertz CT molecular complexity index is 592. The molecule has 4 nitrogen and oxygen atoms in total. The van der Waals surface area contributed by atoms with Crippen molar-refractivity contribution < 1.29 is 0 Å². The van der Waals surface area contributed by atoms with Gasteiger partial charge in [-0.15, -0.1) is 11.3 Å². The van der Waals surface area contributed by atoms with Crippen molar-refractivity contribution in [3.8, 4) is 0 Å². The molecule has 1 unspecified atom stereocenters. The van der Waals surface area contributed by atoms with Crippen LogP contribution in [0.3, 0.4) is 0 Å². The van der Waals surface area contributed by atoms with Crippen LogP contribution in [0.4, 0.5) is 5.82 Å². The van der Waals surface area contributed by atoms with Gasteiger partial charge in [0.15, 0.2) is 0 Å². The van der Waals surface area contributed by atoms with Crippen molar-refractivity contribution in [1.82, 2.24) is 15.3 Å². The molecule has 0 amide bonds. The molecule has 0 aromatic carbocycles. The van der Waals surface area contributed by atoms with E-state index >= 15 is 0 Å². The van der Waals surface area contributed by atoms with Crippen LogP contribution in [0.15, 0.2) is 17.8 Å². The third-order valence-corrected chi connectivity index (χ3v) is 5.18. The molecule has 3 heterocycles. The highest BCUT2D eigenvalue weighted by atomic mass is 32.1. The second-order valence-corrected chi connectivity index (χ2v) is 6.76. The minimum Gasteiger partial charge on any atom is -0.352 e. The molecule has 0 radical (unpaired) electrons. The molecular weight excluding hydrogens is 268 g/mol. The third kappa shape index (κ3) is 2.40. The van der Waals surface area contributed by atoms with Crippen LogP contribution < -0.4 is 10.2 Å². The van der Waals surface area contributed by atoms with Gasteiger partial charge in [-0.1, -0.05) is 0 Å². The summed E-state index contributed by atoms with van der Waals surface area (Å²) in [4.78, 5) is 12.6. The van der Waals surface area contributed by atoms with Gasteiger partial charge in [0.05, 0.1) is 5.39 Å². The number of hydrogen-bond donors (Lipinski definition) is 1. The maximum Gasteiger partial charge on any atom is 0.141 e. The zero-order chi connectivity index (χ0) is 13.4. The monoisotopic (exact) mass is 288 g/mol. The summed E-state index contributed by atoms with van der Waals surface area (Å²) >= 11 is 1.70. The summed E-state index contributed by atoms with van der Waals surface area (Å²) in [6.45, 7) is 2.22. The molecule has 1 N–H and O–H groups in total. The highest BCUT2D eigenvalue weighted by Gasteiger charge is 2.28. The van der Waals surface area contributed by atoms with Crippen LogP contribution in [0.2, 0.25) is 0 Å². The van der Waals surface area contributed by atoms with Crippen LogP contribution in [-0.4, -0.2) is 35.1 Å². The number of piperidine rings is 1. The fourth-order valence-electron chi connectivity index (χ4n) is 3.09.